The fourth-order valence-corrected chi connectivity index (χ4v) is 2.48. The van der Waals surface area contributed by atoms with E-state index in [1.165, 1.54) is 7.11 Å². The van der Waals surface area contributed by atoms with Gasteiger partial charge in [0.2, 0.25) is 0 Å². The molecule has 1 saturated heterocycles. The van der Waals surface area contributed by atoms with Crippen LogP contribution in [-0.2, 0) is 19.1 Å². The van der Waals surface area contributed by atoms with Crippen molar-refractivity contribution in [1.29, 1.82) is 0 Å². The maximum absolute atomic E-state index is 11.9. The van der Waals surface area contributed by atoms with Gasteiger partial charge in [-0.15, -0.1) is 0 Å². The van der Waals surface area contributed by atoms with E-state index in [2.05, 4.69) is 0 Å². The summed E-state index contributed by atoms with van der Waals surface area (Å²) >= 11 is 0. The van der Waals surface area contributed by atoms with Crippen LogP contribution in [0.25, 0.3) is 0 Å². The summed E-state index contributed by atoms with van der Waals surface area (Å²) in [5, 5.41) is 0. The number of nitrogens with zero attached hydrogens (tertiary/aromatic N) is 1. The molecule has 0 aliphatic carbocycles. The number of carbonyl (C=O) groups excluding carboxylic acids is 2. The molecular weight excluding hydrogens is 258 g/mol. The first-order valence-electron chi connectivity index (χ1n) is 6.68. The number of rotatable bonds is 5. The molecule has 0 radical (unpaired) electrons. The Morgan fingerprint density at radius 1 is 1.20 bits per heavy atom. The molecule has 0 aromatic heterocycles. The monoisotopic (exact) mass is 277 g/mol. The zero-order chi connectivity index (χ0) is 14.7. The van der Waals surface area contributed by atoms with E-state index in [-0.39, 0.29) is 12.0 Å². The second-order valence-corrected chi connectivity index (χ2v) is 4.70. The SMILES string of the molecule is CCOC(=O)[C@@H]1[C@H](C(=O)OC)N1[C@H](C)c1ccccc1. The Morgan fingerprint density at radius 2 is 1.80 bits per heavy atom. The summed E-state index contributed by atoms with van der Waals surface area (Å²) in [6.45, 7) is 4.01. The first-order chi connectivity index (χ1) is 9.61. The number of carbonyl (C=O) groups is 2. The molecule has 1 aromatic carbocycles. The third-order valence-corrected chi connectivity index (χ3v) is 3.55. The number of hydrogen-bond acceptors (Lipinski definition) is 5. The Morgan fingerprint density at radius 3 is 2.35 bits per heavy atom. The van der Waals surface area contributed by atoms with Crippen LogP contribution in [-0.4, -0.2) is 42.6 Å². The summed E-state index contributed by atoms with van der Waals surface area (Å²) in [4.78, 5) is 25.5. The van der Waals surface area contributed by atoms with Crippen LogP contribution in [0.2, 0.25) is 0 Å². The summed E-state index contributed by atoms with van der Waals surface area (Å²) in [5.41, 5.74) is 1.05. The molecule has 0 N–H and O–H groups in total. The third kappa shape index (κ3) is 2.67. The molecule has 0 spiro atoms. The topological polar surface area (TPSA) is 55.6 Å². The molecule has 1 fully saturated rings. The van der Waals surface area contributed by atoms with Gasteiger partial charge < -0.3 is 9.47 Å². The lowest BCUT2D eigenvalue weighted by molar-refractivity contribution is -0.145. The smallest absolute Gasteiger partial charge is 0.325 e. The maximum Gasteiger partial charge on any atom is 0.325 e. The third-order valence-electron chi connectivity index (χ3n) is 3.55. The molecule has 0 saturated carbocycles. The average Bonchev–Trinajstić information content (AvgIpc) is 3.22. The Hall–Kier alpha value is -1.88. The van der Waals surface area contributed by atoms with Crippen LogP contribution in [0.5, 0.6) is 0 Å². The highest BCUT2D eigenvalue weighted by Gasteiger charge is 2.60. The summed E-state index contributed by atoms with van der Waals surface area (Å²) in [6.07, 6.45) is 0. The van der Waals surface area contributed by atoms with Gasteiger partial charge in [0.05, 0.1) is 13.7 Å². The molecular formula is C15H19NO4. The average molecular weight is 277 g/mol. The normalized spacial score (nSPS) is 25.6. The molecule has 0 bridgehead atoms. The van der Waals surface area contributed by atoms with Gasteiger partial charge in [-0.1, -0.05) is 30.3 Å². The molecule has 1 unspecified atom stereocenters. The number of hydrogen-bond donors (Lipinski definition) is 0. The fourth-order valence-electron chi connectivity index (χ4n) is 2.48. The summed E-state index contributed by atoms with van der Waals surface area (Å²) in [5.74, 6) is -0.767. The number of methoxy groups -OCH3 is 1. The van der Waals surface area contributed by atoms with E-state index in [0.29, 0.717) is 6.61 Å². The zero-order valence-electron chi connectivity index (χ0n) is 11.9. The standard InChI is InChI=1S/C15H19NO4/c1-4-20-15(18)13-12(14(17)19-3)16(13)10(2)11-8-6-5-7-9-11/h5-10,12-13H,4H2,1-3H3/t10-,12-,13+,16?/m1/s1. The number of esters is 2. The van der Waals surface area contributed by atoms with Crippen LogP contribution >= 0.6 is 0 Å². The van der Waals surface area contributed by atoms with Crippen molar-refractivity contribution < 1.29 is 19.1 Å². The minimum atomic E-state index is -0.547. The maximum atomic E-state index is 11.9. The Kier molecular flexibility index (Phi) is 4.39. The van der Waals surface area contributed by atoms with E-state index in [0.717, 1.165) is 5.56 Å². The largest absolute Gasteiger partial charge is 0.468 e. The highest BCUT2D eigenvalue weighted by Crippen LogP contribution is 2.39. The van der Waals surface area contributed by atoms with Gasteiger partial charge in [0.25, 0.3) is 0 Å². The highest BCUT2D eigenvalue weighted by molar-refractivity contribution is 5.93. The van der Waals surface area contributed by atoms with E-state index in [1.54, 1.807) is 6.92 Å². The lowest BCUT2D eigenvalue weighted by atomic mass is 10.1. The quantitative estimate of drug-likeness (QED) is 0.603. The van der Waals surface area contributed by atoms with Gasteiger partial charge in [0.15, 0.2) is 0 Å². The molecule has 108 valence electrons. The molecule has 5 nitrogen and oxygen atoms in total. The van der Waals surface area contributed by atoms with Gasteiger partial charge in [0.1, 0.15) is 12.1 Å². The van der Waals surface area contributed by atoms with Gasteiger partial charge in [-0.25, -0.2) is 0 Å². The van der Waals surface area contributed by atoms with E-state index in [1.807, 2.05) is 42.2 Å². The Balaban J connectivity index is 2.16. The van der Waals surface area contributed by atoms with Crippen molar-refractivity contribution in [3.63, 3.8) is 0 Å². The van der Waals surface area contributed by atoms with Crippen LogP contribution in [0.1, 0.15) is 25.5 Å². The van der Waals surface area contributed by atoms with Crippen molar-refractivity contribution in [2.75, 3.05) is 13.7 Å². The molecule has 0 amide bonds. The van der Waals surface area contributed by atoms with E-state index >= 15 is 0 Å². The Labute approximate surface area is 118 Å². The Bertz CT molecular complexity index is 488. The number of benzene rings is 1. The van der Waals surface area contributed by atoms with Crippen molar-refractivity contribution in [2.45, 2.75) is 32.0 Å². The molecule has 1 aromatic rings. The molecule has 5 heteroatoms. The summed E-state index contributed by atoms with van der Waals surface area (Å²) in [7, 11) is 1.33. The van der Waals surface area contributed by atoms with Crippen molar-refractivity contribution in [3.8, 4) is 0 Å². The van der Waals surface area contributed by atoms with Crippen molar-refractivity contribution in [2.24, 2.45) is 0 Å². The first kappa shape index (κ1) is 14.5. The minimum Gasteiger partial charge on any atom is -0.468 e. The second-order valence-electron chi connectivity index (χ2n) is 4.70. The molecule has 20 heavy (non-hydrogen) atoms. The predicted octanol–water partition coefficient (Wildman–Crippen LogP) is 1.54. The summed E-state index contributed by atoms with van der Waals surface area (Å²) < 4.78 is 9.78. The second kappa shape index (κ2) is 6.05. The van der Waals surface area contributed by atoms with Crippen molar-refractivity contribution >= 4 is 11.9 Å². The van der Waals surface area contributed by atoms with Crippen molar-refractivity contribution in [1.82, 2.24) is 4.90 Å². The fraction of sp³-hybridized carbons (Fsp3) is 0.467. The lowest BCUT2D eigenvalue weighted by Crippen LogP contribution is -2.19. The van der Waals surface area contributed by atoms with Gasteiger partial charge in [-0.05, 0) is 19.4 Å². The zero-order valence-corrected chi connectivity index (χ0v) is 11.9. The van der Waals surface area contributed by atoms with Gasteiger partial charge >= 0.3 is 11.9 Å². The van der Waals surface area contributed by atoms with Crippen LogP contribution in [0.3, 0.4) is 0 Å². The molecule has 2 rings (SSSR count). The lowest BCUT2D eigenvalue weighted by Gasteiger charge is -2.14. The van der Waals surface area contributed by atoms with Gasteiger partial charge in [-0.2, -0.15) is 0 Å². The van der Waals surface area contributed by atoms with E-state index in [4.69, 9.17) is 9.47 Å². The summed E-state index contributed by atoms with van der Waals surface area (Å²) in [6, 6.07) is 8.60. The van der Waals surface area contributed by atoms with Crippen LogP contribution in [0.15, 0.2) is 30.3 Å². The van der Waals surface area contributed by atoms with Crippen LogP contribution < -0.4 is 0 Å². The van der Waals surface area contributed by atoms with E-state index in [9.17, 15) is 9.59 Å². The van der Waals surface area contributed by atoms with Crippen molar-refractivity contribution in [3.05, 3.63) is 35.9 Å². The predicted molar refractivity (Wildman–Crippen MR) is 72.9 cm³/mol. The first-order valence-corrected chi connectivity index (χ1v) is 6.68. The molecule has 1 aliphatic heterocycles. The van der Waals surface area contributed by atoms with Gasteiger partial charge in [0, 0.05) is 6.04 Å². The van der Waals surface area contributed by atoms with Crippen LogP contribution in [0, 0.1) is 0 Å². The molecule has 1 aliphatic rings. The van der Waals surface area contributed by atoms with E-state index < -0.39 is 18.1 Å². The number of ether oxygens (including phenoxy) is 2. The van der Waals surface area contributed by atoms with Gasteiger partial charge in [-0.3, -0.25) is 14.5 Å². The van der Waals surface area contributed by atoms with Crippen LogP contribution in [0.4, 0.5) is 0 Å². The highest BCUT2D eigenvalue weighted by atomic mass is 16.5. The minimum absolute atomic E-state index is 0.0466. The molecule has 1 heterocycles. The molecule has 4 atom stereocenters.